The molecule has 2 aromatic rings. The average Bonchev–Trinajstić information content (AvgIpc) is 3.19. The molecular formula is C27H28N2O5. The van der Waals surface area contributed by atoms with E-state index >= 15 is 0 Å². The van der Waals surface area contributed by atoms with Gasteiger partial charge in [-0.05, 0) is 59.8 Å². The van der Waals surface area contributed by atoms with E-state index in [-0.39, 0.29) is 0 Å². The van der Waals surface area contributed by atoms with E-state index in [2.05, 4.69) is 36.4 Å². The highest BCUT2D eigenvalue weighted by molar-refractivity contribution is 5.93. The SMILES string of the molecule is COc1ccc(-c2cccc3c2CC=C3CCN2CCN(C)CC23OC(=O)C=CC(=O)O3)cc1. The molecule has 0 amide bonds. The van der Waals surface area contributed by atoms with E-state index in [0.29, 0.717) is 19.6 Å². The van der Waals surface area contributed by atoms with Gasteiger partial charge in [0.15, 0.2) is 0 Å². The zero-order chi connectivity index (χ0) is 23.7. The van der Waals surface area contributed by atoms with Gasteiger partial charge in [-0.3, -0.25) is 4.90 Å². The van der Waals surface area contributed by atoms with Crippen LogP contribution in [0, 0.1) is 0 Å². The van der Waals surface area contributed by atoms with Gasteiger partial charge in [-0.15, -0.1) is 0 Å². The number of piperazine rings is 1. The molecule has 0 atom stereocenters. The first-order valence-electron chi connectivity index (χ1n) is 11.5. The third kappa shape index (κ3) is 4.24. The Balaban J connectivity index is 1.35. The molecule has 5 rings (SSSR count). The zero-order valence-corrected chi connectivity index (χ0v) is 19.5. The molecule has 0 N–H and O–H groups in total. The molecule has 2 aliphatic heterocycles. The van der Waals surface area contributed by atoms with Crippen molar-refractivity contribution in [2.75, 3.05) is 40.3 Å². The van der Waals surface area contributed by atoms with Crippen LogP contribution in [0.4, 0.5) is 0 Å². The van der Waals surface area contributed by atoms with Crippen LogP contribution in [0.15, 0.2) is 60.7 Å². The maximum atomic E-state index is 12.2. The number of fused-ring (bicyclic) bond motifs is 1. The number of nitrogens with zero attached hydrogens (tertiary/aromatic N) is 2. The Morgan fingerprint density at radius 3 is 2.38 bits per heavy atom. The van der Waals surface area contributed by atoms with Crippen molar-refractivity contribution in [3.8, 4) is 16.9 Å². The lowest BCUT2D eigenvalue weighted by Gasteiger charge is -2.46. The monoisotopic (exact) mass is 460 g/mol. The second kappa shape index (κ2) is 9.08. The van der Waals surface area contributed by atoms with Crippen molar-refractivity contribution in [3.63, 3.8) is 0 Å². The maximum Gasteiger partial charge on any atom is 0.335 e. The van der Waals surface area contributed by atoms with Crippen LogP contribution in [0.25, 0.3) is 16.7 Å². The number of likely N-dealkylation sites (N-methyl/N-ethyl adjacent to an activating group) is 1. The quantitative estimate of drug-likeness (QED) is 0.635. The van der Waals surface area contributed by atoms with Crippen LogP contribution in [0.1, 0.15) is 17.5 Å². The van der Waals surface area contributed by atoms with Gasteiger partial charge in [0.2, 0.25) is 0 Å². The van der Waals surface area contributed by atoms with Gasteiger partial charge < -0.3 is 14.2 Å². The van der Waals surface area contributed by atoms with Crippen molar-refractivity contribution in [1.29, 1.82) is 0 Å². The summed E-state index contributed by atoms with van der Waals surface area (Å²) >= 11 is 0. The van der Waals surface area contributed by atoms with Crippen LogP contribution < -0.4 is 4.74 Å². The van der Waals surface area contributed by atoms with E-state index in [1.165, 1.54) is 22.3 Å². The molecular weight excluding hydrogens is 432 g/mol. The minimum absolute atomic E-state index is 0.309. The van der Waals surface area contributed by atoms with E-state index in [4.69, 9.17) is 14.2 Å². The lowest BCUT2D eigenvalue weighted by molar-refractivity contribution is -0.297. The molecule has 0 aromatic heterocycles. The zero-order valence-electron chi connectivity index (χ0n) is 19.5. The second-order valence-corrected chi connectivity index (χ2v) is 8.86. The predicted octanol–water partition coefficient (Wildman–Crippen LogP) is 3.25. The summed E-state index contributed by atoms with van der Waals surface area (Å²) in [5.74, 6) is -1.70. The second-order valence-electron chi connectivity index (χ2n) is 8.86. The third-order valence-corrected chi connectivity index (χ3v) is 6.71. The summed E-state index contributed by atoms with van der Waals surface area (Å²) < 4.78 is 16.6. The Hall–Kier alpha value is -3.42. The Morgan fingerprint density at radius 2 is 1.68 bits per heavy atom. The first-order valence-corrected chi connectivity index (χ1v) is 11.5. The van der Waals surface area contributed by atoms with Gasteiger partial charge in [-0.1, -0.05) is 36.4 Å². The molecule has 1 fully saturated rings. The molecule has 1 aliphatic carbocycles. The predicted molar refractivity (Wildman–Crippen MR) is 128 cm³/mol. The molecule has 34 heavy (non-hydrogen) atoms. The summed E-state index contributed by atoms with van der Waals surface area (Å²) in [6.07, 6.45) is 6.15. The lowest BCUT2D eigenvalue weighted by Crippen LogP contribution is -2.65. The summed E-state index contributed by atoms with van der Waals surface area (Å²) in [5, 5.41) is 0. The number of carbonyl (C=O) groups is 2. The maximum absolute atomic E-state index is 12.2. The van der Waals surface area contributed by atoms with Crippen molar-refractivity contribution in [3.05, 3.63) is 71.8 Å². The molecule has 0 unspecified atom stereocenters. The van der Waals surface area contributed by atoms with Crippen LogP contribution in [0.5, 0.6) is 5.75 Å². The molecule has 1 spiro atoms. The average molecular weight is 461 g/mol. The number of carbonyl (C=O) groups excluding carboxylic acids is 2. The first kappa shape index (κ1) is 22.4. The molecule has 0 bridgehead atoms. The molecule has 7 nitrogen and oxygen atoms in total. The normalized spacial score (nSPS) is 19.9. The number of ether oxygens (including phenoxy) is 3. The molecule has 0 radical (unpaired) electrons. The van der Waals surface area contributed by atoms with Crippen LogP contribution in [0.3, 0.4) is 0 Å². The summed E-state index contributed by atoms with van der Waals surface area (Å²) in [7, 11) is 3.60. The van der Waals surface area contributed by atoms with Crippen LogP contribution >= 0.6 is 0 Å². The molecule has 7 heteroatoms. The van der Waals surface area contributed by atoms with Gasteiger partial charge in [-0.25, -0.2) is 14.5 Å². The van der Waals surface area contributed by atoms with Crippen LogP contribution in [-0.4, -0.2) is 68.0 Å². The Labute approximate surface area is 199 Å². The van der Waals surface area contributed by atoms with Gasteiger partial charge in [-0.2, -0.15) is 0 Å². The van der Waals surface area contributed by atoms with Gasteiger partial charge >= 0.3 is 17.8 Å². The van der Waals surface area contributed by atoms with E-state index < -0.39 is 17.8 Å². The number of allylic oxidation sites excluding steroid dienone is 1. The minimum atomic E-state index is -1.41. The number of rotatable bonds is 5. The number of hydrogen-bond donors (Lipinski definition) is 0. The highest BCUT2D eigenvalue weighted by Crippen LogP contribution is 2.38. The van der Waals surface area contributed by atoms with Gasteiger partial charge in [0.05, 0.1) is 13.7 Å². The van der Waals surface area contributed by atoms with Crippen LogP contribution in [0.2, 0.25) is 0 Å². The smallest absolute Gasteiger partial charge is 0.335 e. The number of esters is 2. The summed E-state index contributed by atoms with van der Waals surface area (Å²) in [6, 6.07) is 14.5. The molecule has 3 aliphatic rings. The molecule has 0 saturated carbocycles. The van der Waals surface area contributed by atoms with E-state index in [0.717, 1.165) is 42.9 Å². The Kier molecular flexibility index (Phi) is 5.98. The highest BCUT2D eigenvalue weighted by atomic mass is 16.8. The number of benzene rings is 2. The van der Waals surface area contributed by atoms with E-state index in [1.54, 1.807) is 7.11 Å². The summed E-state index contributed by atoms with van der Waals surface area (Å²) in [6.45, 7) is 2.33. The largest absolute Gasteiger partial charge is 0.497 e. The van der Waals surface area contributed by atoms with Crippen molar-refractivity contribution < 1.29 is 23.8 Å². The fourth-order valence-corrected chi connectivity index (χ4v) is 4.97. The van der Waals surface area contributed by atoms with Gasteiger partial charge in [0, 0.05) is 31.8 Å². The molecule has 2 heterocycles. The minimum Gasteiger partial charge on any atom is -0.497 e. The van der Waals surface area contributed by atoms with Crippen molar-refractivity contribution in [1.82, 2.24) is 9.80 Å². The first-order chi connectivity index (χ1) is 16.5. The summed E-state index contributed by atoms with van der Waals surface area (Å²) in [4.78, 5) is 28.4. The Morgan fingerprint density at radius 1 is 0.971 bits per heavy atom. The standard InChI is InChI=1S/C27H28N2O5/c1-28-16-17-29(27(18-28)33-25(30)12-13-26(31)34-27)15-14-20-8-11-24-22(4-3-5-23(20)24)19-6-9-21(32-2)10-7-19/h3-10,12-13H,11,14-18H2,1-2H3. The fraction of sp³-hybridized carbons (Fsp3) is 0.333. The van der Waals surface area contributed by atoms with Gasteiger partial charge in [0.25, 0.3) is 0 Å². The number of hydrogen-bond acceptors (Lipinski definition) is 7. The third-order valence-electron chi connectivity index (χ3n) is 6.71. The van der Waals surface area contributed by atoms with E-state index in [9.17, 15) is 9.59 Å². The molecule has 2 aromatic carbocycles. The van der Waals surface area contributed by atoms with Crippen molar-refractivity contribution in [2.45, 2.75) is 18.8 Å². The van der Waals surface area contributed by atoms with E-state index in [1.807, 2.05) is 29.0 Å². The van der Waals surface area contributed by atoms with Crippen molar-refractivity contribution >= 4 is 17.5 Å². The lowest BCUT2D eigenvalue weighted by atomic mass is 9.94. The molecule has 176 valence electrons. The number of methoxy groups -OCH3 is 1. The van der Waals surface area contributed by atoms with Gasteiger partial charge in [0.1, 0.15) is 5.75 Å². The Bertz CT molecular complexity index is 1150. The summed E-state index contributed by atoms with van der Waals surface area (Å²) in [5.41, 5.74) is 6.19. The van der Waals surface area contributed by atoms with Crippen LogP contribution in [-0.2, 0) is 25.5 Å². The fourth-order valence-electron chi connectivity index (χ4n) is 4.97. The van der Waals surface area contributed by atoms with Crippen molar-refractivity contribution in [2.24, 2.45) is 0 Å². The molecule has 1 saturated heterocycles. The highest BCUT2D eigenvalue weighted by Gasteiger charge is 2.48. The topological polar surface area (TPSA) is 68.3 Å².